The van der Waals surface area contributed by atoms with Crippen molar-refractivity contribution in [1.29, 1.82) is 0 Å². The molecule has 3 aromatic rings. The highest BCUT2D eigenvalue weighted by Crippen LogP contribution is 2.32. The fourth-order valence-electron chi connectivity index (χ4n) is 2.49. The van der Waals surface area contributed by atoms with Crippen molar-refractivity contribution in [1.82, 2.24) is 15.0 Å². The van der Waals surface area contributed by atoms with E-state index in [-0.39, 0.29) is 10.8 Å². The lowest BCUT2D eigenvalue weighted by atomic mass is 9.90. The molecule has 0 aromatic carbocycles. The minimum Gasteiger partial charge on any atom is -0.252 e. The summed E-state index contributed by atoms with van der Waals surface area (Å²) in [5, 5.41) is 1.62. The van der Waals surface area contributed by atoms with Gasteiger partial charge in [0.25, 0.3) is 0 Å². The Morgan fingerprint density at radius 2 is 1.39 bits per heavy atom. The first-order valence-electron chi connectivity index (χ1n) is 7.84. The number of rotatable bonds is 0. The molecule has 23 heavy (non-hydrogen) atoms. The van der Waals surface area contributed by atoms with Crippen LogP contribution >= 0.6 is 11.6 Å². The maximum absolute atomic E-state index is 6.47. The van der Waals surface area contributed by atoms with E-state index in [1.54, 1.807) is 0 Å². The lowest BCUT2D eigenvalue weighted by molar-refractivity contribution is 0.570. The van der Waals surface area contributed by atoms with Crippen LogP contribution in [-0.4, -0.2) is 15.0 Å². The molecule has 0 spiro atoms. The topological polar surface area (TPSA) is 38.7 Å². The van der Waals surface area contributed by atoms with Crippen molar-refractivity contribution in [2.24, 2.45) is 0 Å². The second-order valence-electron chi connectivity index (χ2n) is 8.08. The summed E-state index contributed by atoms with van der Waals surface area (Å²) in [7, 11) is 0. The van der Waals surface area contributed by atoms with Crippen LogP contribution in [0.4, 0.5) is 0 Å². The SMILES string of the molecule is CC(C)(C)c1ccc2cnc3c(Cl)cc(C(C)(C)C)nc3c2n1. The Bertz CT molecular complexity index is 902. The molecule has 3 heterocycles. The van der Waals surface area contributed by atoms with Gasteiger partial charge in [-0.25, -0.2) is 9.97 Å². The van der Waals surface area contributed by atoms with Gasteiger partial charge in [-0.2, -0.15) is 0 Å². The Kier molecular flexibility index (Phi) is 3.60. The summed E-state index contributed by atoms with van der Waals surface area (Å²) in [6.07, 6.45) is 1.82. The highest BCUT2D eigenvalue weighted by molar-refractivity contribution is 6.35. The largest absolute Gasteiger partial charge is 0.252 e. The highest BCUT2D eigenvalue weighted by Gasteiger charge is 2.21. The molecule has 0 atom stereocenters. The molecule has 0 saturated carbocycles. The summed E-state index contributed by atoms with van der Waals surface area (Å²) in [6.45, 7) is 12.9. The molecule has 0 aliphatic heterocycles. The molecule has 4 heteroatoms. The van der Waals surface area contributed by atoms with Gasteiger partial charge in [-0.3, -0.25) is 4.98 Å². The van der Waals surface area contributed by atoms with Crippen molar-refractivity contribution in [3.05, 3.63) is 40.8 Å². The van der Waals surface area contributed by atoms with E-state index >= 15 is 0 Å². The average molecular weight is 328 g/mol. The summed E-state index contributed by atoms with van der Waals surface area (Å²) in [5.41, 5.74) is 4.26. The van der Waals surface area contributed by atoms with E-state index in [9.17, 15) is 0 Å². The van der Waals surface area contributed by atoms with Crippen molar-refractivity contribution in [3.63, 3.8) is 0 Å². The van der Waals surface area contributed by atoms with Gasteiger partial charge in [0.2, 0.25) is 0 Å². The number of nitrogens with zero attached hydrogens (tertiary/aromatic N) is 3. The van der Waals surface area contributed by atoms with Crippen LogP contribution in [0.3, 0.4) is 0 Å². The molecular weight excluding hydrogens is 306 g/mol. The van der Waals surface area contributed by atoms with Crippen LogP contribution in [0.2, 0.25) is 5.02 Å². The smallest absolute Gasteiger partial charge is 0.117 e. The number of halogens is 1. The number of aromatic nitrogens is 3. The average Bonchev–Trinajstić information content (AvgIpc) is 2.44. The third-order valence-electron chi connectivity index (χ3n) is 3.97. The number of hydrogen-bond donors (Lipinski definition) is 0. The molecule has 0 unspecified atom stereocenters. The van der Waals surface area contributed by atoms with Crippen LogP contribution in [0.5, 0.6) is 0 Å². The van der Waals surface area contributed by atoms with Crippen LogP contribution in [0.15, 0.2) is 24.4 Å². The Hall–Kier alpha value is -1.74. The van der Waals surface area contributed by atoms with Gasteiger partial charge in [0, 0.05) is 33.8 Å². The summed E-state index contributed by atoms with van der Waals surface area (Å²) in [6, 6.07) is 6.04. The standard InChI is InChI=1S/C19H22ClN3/c1-18(2,3)13-8-7-11-10-21-16-12(20)9-14(19(4,5)6)23-17(16)15(11)22-13/h7-10H,1-6H3. The summed E-state index contributed by atoms with van der Waals surface area (Å²) >= 11 is 6.47. The zero-order valence-electron chi connectivity index (χ0n) is 14.5. The molecule has 0 bridgehead atoms. The molecule has 0 fully saturated rings. The van der Waals surface area contributed by atoms with E-state index in [1.165, 1.54) is 0 Å². The van der Waals surface area contributed by atoms with Gasteiger partial charge >= 0.3 is 0 Å². The van der Waals surface area contributed by atoms with E-state index in [1.807, 2.05) is 12.3 Å². The van der Waals surface area contributed by atoms with Crippen LogP contribution < -0.4 is 0 Å². The first kappa shape index (κ1) is 16.1. The van der Waals surface area contributed by atoms with Crippen molar-refractivity contribution < 1.29 is 0 Å². The van der Waals surface area contributed by atoms with Crippen LogP contribution in [0, 0.1) is 0 Å². The number of fused-ring (bicyclic) bond motifs is 3. The predicted molar refractivity (Wildman–Crippen MR) is 97.2 cm³/mol. The number of hydrogen-bond acceptors (Lipinski definition) is 3. The van der Waals surface area contributed by atoms with Gasteiger partial charge < -0.3 is 0 Å². The molecular formula is C19H22ClN3. The summed E-state index contributed by atoms with van der Waals surface area (Å²) in [4.78, 5) is 14.2. The van der Waals surface area contributed by atoms with Crippen LogP contribution in [0.1, 0.15) is 52.9 Å². The normalized spacial score (nSPS) is 13.0. The molecule has 0 aliphatic carbocycles. The van der Waals surface area contributed by atoms with Crippen molar-refractivity contribution in [2.75, 3.05) is 0 Å². The first-order chi connectivity index (χ1) is 10.6. The lowest BCUT2D eigenvalue weighted by Gasteiger charge is -2.20. The third-order valence-corrected chi connectivity index (χ3v) is 4.25. The molecule has 120 valence electrons. The lowest BCUT2D eigenvalue weighted by Crippen LogP contribution is -2.15. The number of pyridine rings is 3. The molecule has 0 radical (unpaired) electrons. The van der Waals surface area contributed by atoms with E-state index in [0.717, 1.165) is 27.8 Å². The fraction of sp³-hybridized carbons (Fsp3) is 0.421. The third kappa shape index (κ3) is 2.90. The van der Waals surface area contributed by atoms with E-state index in [4.69, 9.17) is 21.6 Å². The Labute approximate surface area is 142 Å². The molecule has 3 rings (SSSR count). The molecule has 3 aromatic heterocycles. The van der Waals surface area contributed by atoms with Gasteiger partial charge in [0.05, 0.1) is 10.5 Å². The van der Waals surface area contributed by atoms with Gasteiger partial charge in [-0.05, 0) is 18.2 Å². The van der Waals surface area contributed by atoms with Crippen molar-refractivity contribution in [3.8, 4) is 0 Å². The van der Waals surface area contributed by atoms with Crippen LogP contribution in [-0.2, 0) is 10.8 Å². The maximum Gasteiger partial charge on any atom is 0.117 e. The van der Waals surface area contributed by atoms with Gasteiger partial charge in [-0.1, -0.05) is 53.1 Å². The van der Waals surface area contributed by atoms with E-state index in [0.29, 0.717) is 10.5 Å². The molecule has 0 amide bonds. The zero-order chi connectivity index (χ0) is 17.0. The quantitative estimate of drug-likeness (QED) is 0.517. The zero-order valence-corrected chi connectivity index (χ0v) is 15.3. The Morgan fingerprint density at radius 1 is 0.783 bits per heavy atom. The predicted octanol–water partition coefficient (Wildman–Crippen LogP) is 5.43. The molecule has 0 aliphatic rings. The first-order valence-corrected chi connectivity index (χ1v) is 8.22. The van der Waals surface area contributed by atoms with E-state index < -0.39 is 0 Å². The second kappa shape index (κ2) is 5.13. The minimum atomic E-state index is -0.0817. The highest BCUT2D eigenvalue weighted by atomic mass is 35.5. The monoisotopic (exact) mass is 327 g/mol. The summed E-state index contributed by atoms with van der Waals surface area (Å²) in [5.74, 6) is 0. The van der Waals surface area contributed by atoms with E-state index in [2.05, 4.69) is 58.7 Å². The summed E-state index contributed by atoms with van der Waals surface area (Å²) < 4.78 is 0. The molecule has 0 saturated heterocycles. The molecule has 0 N–H and O–H groups in total. The van der Waals surface area contributed by atoms with Crippen molar-refractivity contribution in [2.45, 2.75) is 52.4 Å². The van der Waals surface area contributed by atoms with Gasteiger partial charge in [-0.15, -0.1) is 0 Å². The molecule has 3 nitrogen and oxygen atoms in total. The Morgan fingerprint density at radius 3 is 2.00 bits per heavy atom. The maximum atomic E-state index is 6.47. The fourth-order valence-corrected chi connectivity index (χ4v) is 2.74. The Balaban J connectivity index is 2.42. The van der Waals surface area contributed by atoms with Gasteiger partial charge in [0.1, 0.15) is 11.0 Å². The van der Waals surface area contributed by atoms with Crippen LogP contribution in [0.25, 0.3) is 21.9 Å². The minimum absolute atomic E-state index is 0.0186. The van der Waals surface area contributed by atoms with Gasteiger partial charge in [0.15, 0.2) is 0 Å². The van der Waals surface area contributed by atoms with Crippen molar-refractivity contribution >= 4 is 33.5 Å². The second-order valence-corrected chi connectivity index (χ2v) is 8.49.